The Balaban J connectivity index is 3.62. The second-order valence-corrected chi connectivity index (χ2v) is 13.2. The van der Waals surface area contributed by atoms with Gasteiger partial charge in [-0.15, -0.1) is 0 Å². The van der Waals surface area contributed by atoms with Crippen molar-refractivity contribution in [1.82, 2.24) is 0 Å². The van der Waals surface area contributed by atoms with Crippen LogP contribution in [-0.4, -0.2) is 21.8 Å². The van der Waals surface area contributed by atoms with Gasteiger partial charge in [0.25, 0.3) is 0 Å². The fourth-order valence-electron chi connectivity index (χ4n) is 6.23. The molecule has 240 valence electrons. The molecule has 0 bridgehead atoms. The first-order chi connectivity index (χ1) is 19.5. The second-order valence-electron chi connectivity index (χ2n) is 13.2. The predicted molar refractivity (Wildman–Crippen MR) is 176 cm³/mol. The van der Waals surface area contributed by atoms with Crippen molar-refractivity contribution in [2.24, 2.45) is 0 Å². The number of rotatable bonds is 34. The molecule has 0 aliphatic rings. The maximum Gasteiger partial charge on any atom is 0.306 e. The maximum absolute atomic E-state index is 11.4. The quantitative estimate of drug-likeness (QED) is 0.0761. The second kappa shape index (κ2) is 31.4. The van der Waals surface area contributed by atoms with Crippen molar-refractivity contribution in [3.63, 3.8) is 0 Å². The van der Waals surface area contributed by atoms with Gasteiger partial charge in [0.1, 0.15) is 0 Å². The van der Waals surface area contributed by atoms with E-state index in [1.807, 2.05) is 0 Å². The van der Waals surface area contributed by atoms with E-state index in [0.717, 1.165) is 25.7 Å². The summed E-state index contributed by atoms with van der Waals surface area (Å²) in [6.45, 7) is 4.56. The van der Waals surface area contributed by atoms with Crippen molar-refractivity contribution in [3.8, 4) is 0 Å². The topological polar surface area (TPSA) is 57.5 Å². The molecule has 40 heavy (non-hydrogen) atoms. The van der Waals surface area contributed by atoms with E-state index in [0.29, 0.717) is 12.8 Å². The average molecular weight is 567 g/mol. The number of hydrogen-bond donors (Lipinski definition) is 2. The molecule has 0 aliphatic carbocycles. The summed E-state index contributed by atoms with van der Waals surface area (Å²) in [7, 11) is 0. The van der Waals surface area contributed by atoms with Crippen LogP contribution in [0.4, 0.5) is 0 Å². The Labute approximate surface area is 252 Å². The fraction of sp³-hybridized carbons (Fsp3) is 0.973. The zero-order chi connectivity index (χ0) is 29.4. The molecule has 0 aromatic heterocycles. The van der Waals surface area contributed by atoms with E-state index < -0.39 is 11.6 Å². The van der Waals surface area contributed by atoms with Crippen LogP contribution < -0.4 is 0 Å². The van der Waals surface area contributed by atoms with Gasteiger partial charge in [0.05, 0.1) is 12.0 Å². The number of hydrogen-bond acceptors (Lipinski definition) is 2. The highest BCUT2D eigenvalue weighted by molar-refractivity contribution is 5.68. The Morgan fingerprint density at radius 3 is 0.800 bits per heavy atom. The van der Waals surface area contributed by atoms with E-state index in [1.165, 1.54) is 167 Å². The first kappa shape index (κ1) is 39.4. The normalized spacial score (nSPS) is 11.9. The minimum atomic E-state index is -1.00. The Kier molecular flexibility index (Phi) is 30.9. The molecule has 0 radical (unpaired) electrons. The Morgan fingerprint density at radius 1 is 0.400 bits per heavy atom. The molecule has 0 heterocycles. The monoisotopic (exact) mass is 567 g/mol. The zero-order valence-electron chi connectivity index (χ0n) is 27.6. The van der Waals surface area contributed by atoms with Gasteiger partial charge >= 0.3 is 5.97 Å². The highest BCUT2D eigenvalue weighted by Gasteiger charge is 2.28. The lowest BCUT2D eigenvalue weighted by molar-refractivity contribution is -0.143. The van der Waals surface area contributed by atoms with Gasteiger partial charge in [-0.2, -0.15) is 0 Å². The van der Waals surface area contributed by atoms with Gasteiger partial charge in [-0.05, 0) is 12.8 Å². The highest BCUT2D eigenvalue weighted by atomic mass is 16.4. The van der Waals surface area contributed by atoms with Crippen LogP contribution in [0.1, 0.15) is 226 Å². The fourth-order valence-corrected chi connectivity index (χ4v) is 6.23. The van der Waals surface area contributed by atoms with Crippen molar-refractivity contribution < 1.29 is 15.0 Å². The number of carbonyl (C=O) groups is 1. The van der Waals surface area contributed by atoms with E-state index in [2.05, 4.69) is 13.8 Å². The van der Waals surface area contributed by atoms with Crippen molar-refractivity contribution >= 4 is 5.97 Å². The molecule has 0 saturated carbocycles. The SMILES string of the molecule is CCCCCCCCCCCCCCCCCC(O)(CCCCCCCCCCCCCCCCC)CC(=O)O. The number of aliphatic carboxylic acids is 1. The first-order valence-electron chi connectivity index (χ1n) is 18.5. The van der Waals surface area contributed by atoms with Crippen molar-refractivity contribution in [2.45, 2.75) is 231 Å². The Bertz CT molecular complexity index is 470. The van der Waals surface area contributed by atoms with Gasteiger partial charge < -0.3 is 10.2 Å². The molecule has 0 unspecified atom stereocenters. The summed E-state index contributed by atoms with van der Waals surface area (Å²) in [6, 6.07) is 0. The third kappa shape index (κ3) is 30.4. The summed E-state index contributed by atoms with van der Waals surface area (Å²) in [4.78, 5) is 11.4. The molecule has 0 rings (SSSR count). The number of unbranched alkanes of at least 4 members (excludes halogenated alkanes) is 28. The standard InChI is InChI=1S/C37H74O3/c1-3-5-7-9-11-13-15-17-19-21-23-25-27-29-31-33-37(40,35-36(38)39)34-32-30-28-26-24-22-20-18-16-14-12-10-8-6-4-2/h40H,3-35H2,1-2H3,(H,38,39). The molecular weight excluding hydrogens is 492 g/mol. The lowest BCUT2D eigenvalue weighted by Crippen LogP contribution is -2.31. The Hall–Kier alpha value is -0.570. The van der Waals surface area contributed by atoms with Crippen LogP contribution in [0.3, 0.4) is 0 Å². The minimum Gasteiger partial charge on any atom is -0.481 e. The third-order valence-electron chi connectivity index (χ3n) is 8.97. The van der Waals surface area contributed by atoms with Crippen LogP contribution in [0.25, 0.3) is 0 Å². The van der Waals surface area contributed by atoms with E-state index in [1.54, 1.807) is 0 Å². The summed E-state index contributed by atoms with van der Waals surface area (Å²) < 4.78 is 0. The number of carboxylic acid groups (broad SMARTS) is 1. The third-order valence-corrected chi connectivity index (χ3v) is 8.97. The molecule has 0 aromatic rings. The molecule has 0 aromatic carbocycles. The summed E-state index contributed by atoms with van der Waals surface area (Å²) in [5, 5.41) is 20.3. The first-order valence-corrected chi connectivity index (χ1v) is 18.5. The molecule has 2 N–H and O–H groups in total. The summed E-state index contributed by atoms with van der Waals surface area (Å²) in [5.74, 6) is -0.857. The van der Waals surface area contributed by atoms with E-state index >= 15 is 0 Å². The molecule has 3 heteroatoms. The highest BCUT2D eigenvalue weighted by Crippen LogP contribution is 2.27. The van der Waals surface area contributed by atoms with Gasteiger partial charge in [0.2, 0.25) is 0 Å². The van der Waals surface area contributed by atoms with Crippen molar-refractivity contribution in [2.75, 3.05) is 0 Å². The van der Waals surface area contributed by atoms with Crippen LogP contribution >= 0.6 is 0 Å². The molecule has 0 aliphatic heterocycles. The molecule has 3 nitrogen and oxygen atoms in total. The molecule has 0 saturated heterocycles. The summed E-state index contributed by atoms with van der Waals surface area (Å²) >= 11 is 0. The molecular formula is C37H74O3. The van der Waals surface area contributed by atoms with E-state index in [4.69, 9.17) is 0 Å². The van der Waals surface area contributed by atoms with E-state index in [9.17, 15) is 15.0 Å². The zero-order valence-corrected chi connectivity index (χ0v) is 27.6. The molecule has 0 atom stereocenters. The lowest BCUT2D eigenvalue weighted by atomic mass is 9.87. The molecule has 0 fully saturated rings. The lowest BCUT2D eigenvalue weighted by Gasteiger charge is -2.26. The predicted octanol–water partition coefficient (Wildman–Crippen LogP) is 12.7. The van der Waals surface area contributed by atoms with Gasteiger partial charge in [0.15, 0.2) is 0 Å². The van der Waals surface area contributed by atoms with Crippen molar-refractivity contribution in [1.29, 1.82) is 0 Å². The molecule has 0 spiro atoms. The van der Waals surface area contributed by atoms with Crippen LogP contribution in [0.15, 0.2) is 0 Å². The largest absolute Gasteiger partial charge is 0.481 e. The summed E-state index contributed by atoms with van der Waals surface area (Å²) in [5.41, 5.74) is -1.00. The van der Waals surface area contributed by atoms with Crippen LogP contribution in [0.2, 0.25) is 0 Å². The molecule has 0 amide bonds. The van der Waals surface area contributed by atoms with Gasteiger partial charge in [-0.25, -0.2) is 0 Å². The summed E-state index contributed by atoms with van der Waals surface area (Å²) in [6.07, 6.45) is 41.0. The number of carboxylic acids is 1. The minimum absolute atomic E-state index is 0.0930. The average Bonchev–Trinajstić information content (AvgIpc) is 2.92. The maximum atomic E-state index is 11.4. The smallest absolute Gasteiger partial charge is 0.306 e. The van der Waals surface area contributed by atoms with Crippen LogP contribution in [0, 0.1) is 0 Å². The van der Waals surface area contributed by atoms with Crippen LogP contribution in [-0.2, 0) is 4.79 Å². The van der Waals surface area contributed by atoms with Gasteiger partial charge in [-0.1, -0.05) is 206 Å². The van der Waals surface area contributed by atoms with Crippen molar-refractivity contribution in [3.05, 3.63) is 0 Å². The van der Waals surface area contributed by atoms with E-state index in [-0.39, 0.29) is 6.42 Å². The van der Waals surface area contributed by atoms with Gasteiger partial charge in [-0.3, -0.25) is 4.79 Å². The van der Waals surface area contributed by atoms with Crippen LogP contribution in [0.5, 0.6) is 0 Å². The Morgan fingerprint density at radius 2 is 0.600 bits per heavy atom. The number of aliphatic hydroxyl groups is 1. The van der Waals surface area contributed by atoms with Gasteiger partial charge in [0, 0.05) is 0 Å².